The molecule has 0 atom stereocenters. The molecular weight excluding hydrogens is 476 g/mol. The predicted octanol–water partition coefficient (Wildman–Crippen LogP) is 6.44. The van der Waals surface area contributed by atoms with Gasteiger partial charge in [-0.2, -0.15) is 0 Å². The maximum atomic E-state index is 12.6. The first-order valence-electron chi connectivity index (χ1n) is 12.6. The van der Waals surface area contributed by atoms with E-state index in [1.165, 1.54) is 16.7 Å². The van der Waals surface area contributed by atoms with E-state index in [2.05, 4.69) is 58.2 Å². The number of amides is 1. The van der Waals surface area contributed by atoms with Gasteiger partial charge >= 0.3 is 0 Å². The van der Waals surface area contributed by atoms with Crippen molar-refractivity contribution in [1.82, 2.24) is 19.9 Å². The first-order valence-corrected chi connectivity index (χ1v) is 13.5. The molecule has 3 aromatic carbocycles. The lowest BCUT2D eigenvalue weighted by molar-refractivity contribution is 0.0953. The molecule has 1 amide bonds. The lowest BCUT2D eigenvalue weighted by atomic mass is 10.1. The lowest BCUT2D eigenvalue weighted by Crippen LogP contribution is -2.24. The van der Waals surface area contributed by atoms with E-state index in [0.717, 1.165) is 46.9 Å². The summed E-state index contributed by atoms with van der Waals surface area (Å²) in [5, 5.41) is 4.00. The predicted molar refractivity (Wildman–Crippen MR) is 151 cm³/mol. The number of nitrogens with zero attached hydrogens (tertiary/aromatic N) is 3. The van der Waals surface area contributed by atoms with Gasteiger partial charge in [0.05, 0.1) is 23.8 Å². The van der Waals surface area contributed by atoms with Crippen LogP contribution in [0.2, 0.25) is 0 Å². The van der Waals surface area contributed by atoms with Crippen molar-refractivity contribution in [3.05, 3.63) is 125 Å². The number of nitrogens with one attached hydrogen (secondary N) is 1. The number of aromatic nitrogens is 3. The third kappa shape index (κ3) is 6.46. The number of thioether (sulfide) groups is 1. The topological polar surface area (TPSA) is 59.8 Å². The number of rotatable bonds is 10. The van der Waals surface area contributed by atoms with E-state index in [9.17, 15) is 4.79 Å². The molecule has 0 aliphatic carbocycles. The van der Waals surface area contributed by atoms with Gasteiger partial charge in [-0.3, -0.25) is 9.78 Å². The van der Waals surface area contributed by atoms with Gasteiger partial charge < -0.3 is 9.88 Å². The standard InChI is InChI=1S/C31H30N4OS/c1-23-7-5-10-26(19-23)21-35-29-20-32-18-16-28(29)34-31(35)37-22-25-12-14-27(15-13-25)30(36)33-17-6-11-24-8-3-2-4-9-24/h2-5,7-10,12-16,18-20H,6,11,17,21-22H2,1H3,(H,33,36). The van der Waals surface area contributed by atoms with Crippen LogP contribution in [-0.4, -0.2) is 27.0 Å². The Hall–Kier alpha value is -3.90. The van der Waals surface area contributed by atoms with Crippen molar-refractivity contribution >= 4 is 28.7 Å². The molecular formula is C31H30N4OS. The zero-order chi connectivity index (χ0) is 25.5. The van der Waals surface area contributed by atoms with Crippen LogP contribution in [0.5, 0.6) is 0 Å². The number of pyridine rings is 1. The van der Waals surface area contributed by atoms with Crippen molar-refractivity contribution in [2.75, 3.05) is 6.54 Å². The van der Waals surface area contributed by atoms with Crippen LogP contribution in [0.25, 0.3) is 11.0 Å². The lowest BCUT2D eigenvalue weighted by Gasteiger charge is -2.10. The summed E-state index contributed by atoms with van der Waals surface area (Å²) < 4.78 is 2.24. The highest BCUT2D eigenvalue weighted by molar-refractivity contribution is 7.98. The Morgan fingerprint density at radius 2 is 1.73 bits per heavy atom. The van der Waals surface area contributed by atoms with Gasteiger partial charge in [0, 0.05) is 24.1 Å². The van der Waals surface area contributed by atoms with Gasteiger partial charge in [0.15, 0.2) is 5.16 Å². The zero-order valence-corrected chi connectivity index (χ0v) is 21.7. The summed E-state index contributed by atoms with van der Waals surface area (Å²) in [5.41, 5.74) is 7.60. The van der Waals surface area contributed by atoms with Gasteiger partial charge in [-0.15, -0.1) is 0 Å². The first-order chi connectivity index (χ1) is 18.2. The van der Waals surface area contributed by atoms with Crippen molar-refractivity contribution in [1.29, 1.82) is 0 Å². The fourth-order valence-corrected chi connectivity index (χ4v) is 5.32. The van der Waals surface area contributed by atoms with E-state index in [1.54, 1.807) is 18.0 Å². The molecule has 6 heteroatoms. The SMILES string of the molecule is Cc1cccc(Cn2c(SCc3ccc(C(=O)NCCCc4ccccc4)cc3)nc3ccncc32)c1. The van der Waals surface area contributed by atoms with Gasteiger partial charge in [-0.25, -0.2) is 4.98 Å². The van der Waals surface area contributed by atoms with Gasteiger partial charge in [0.2, 0.25) is 0 Å². The first kappa shape index (κ1) is 24.8. The van der Waals surface area contributed by atoms with Crippen molar-refractivity contribution in [2.45, 2.75) is 37.2 Å². The molecule has 1 N–H and O–H groups in total. The second-order valence-corrected chi connectivity index (χ2v) is 10.1. The average molecular weight is 507 g/mol. The molecule has 0 spiro atoms. The highest BCUT2D eigenvalue weighted by atomic mass is 32.2. The molecule has 5 nitrogen and oxygen atoms in total. The van der Waals surface area contributed by atoms with Crippen LogP contribution in [0.3, 0.4) is 0 Å². The van der Waals surface area contributed by atoms with E-state index in [4.69, 9.17) is 4.98 Å². The Labute approximate surface area is 222 Å². The van der Waals surface area contributed by atoms with E-state index in [1.807, 2.05) is 54.7 Å². The fourth-order valence-electron chi connectivity index (χ4n) is 4.35. The molecule has 2 aromatic heterocycles. The summed E-state index contributed by atoms with van der Waals surface area (Å²) in [5.74, 6) is 0.739. The molecule has 186 valence electrons. The van der Waals surface area contributed by atoms with Crippen molar-refractivity contribution in [3.8, 4) is 0 Å². The second-order valence-electron chi connectivity index (χ2n) is 9.16. The summed E-state index contributed by atoms with van der Waals surface area (Å²) in [6, 6.07) is 28.7. The molecule has 0 saturated carbocycles. The molecule has 0 bridgehead atoms. The zero-order valence-electron chi connectivity index (χ0n) is 20.9. The molecule has 0 aliphatic heterocycles. The Morgan fingerprint density at radius 1 is 0.919 bits per heavy atom. The molecule has 2 heterocycles. The minimum absolute atomic E-state index is 0.0280. The monoisotopic (exact) mass is 506 g/mol. The average Bonchev–Trinajstić information content (AvgIpc) is 3.28. The Balaban J connectivity index is 1.20. The van der Waals surface area contributed by atoms with Gasteiger partial charge in [0.25, 0.3) is 5.91 Å². The fraction of sp³-hybridized carbons (Fsp3) is 0.194. The molecule has 0 saturated heterocycles. The number of imidazole rings is 1. The molecule has 0 aliphatic rings. The van der Waals surface area contributed by atoms with Gasteiger partial charge in [0.1, 0.15) is 0 Å². The maximum absolute atomic E-state index is 12.6. The quantitative estimate of drug-likeness (QED) is 0.175. The number of carbonyl (C=O) groups excluding carboxylic acids is 1. The molecule has 37 heavy (non-hydrogen) atoms. The number of fused-ring (bicyclic) bond motifs is 1. The molecule has 5 aromatic rings. The summed E-state index contributed by atoms with van der Waals surface area (Å²) in [7, 11) is 0. The van der Waals surface area contributed by atoms with Crippen LogP contribution in [0, 0.1) is 6.92 Å². The second kappa shape index (κ2) is 11.9. The maximum Gasteiger partial charge on any atom is 0.251 e. The van der Waals surface area contributed by atoms with Crippen LogP contribution >= 0.6 is 11.8 Å². The third-order valence-electron chi connectivity index (χ3n) is 6.29. The third-order valence-corrected chi connectivity index (χ3v) is 7.34. The van der Waals surface area contributed by atoms with Crippen molar-refractivity contribution in [2.24, 2.45) is 0 Å². The Bertz CT molecular complexity index is 1480. The number of hydrogen-bond acceptors (Lipinski definition) is 4. The number of benzene rings is 3. The smallest absolute Gasteiger partial charge is 0.251 e. The van der Waals surface area contributed by atoms with Gasteiger partial charge in [-0.05, 0) is 54.7 Å². The molecule has 0 fully saturated rings. The normalized spacial score (nSPS) is 11.1. The van der Waals surface area contributed by atoms with E-state index in [0.29, 0.717) is 12.1 Å². The van der Waals surface area contributed by atoms with Crippen LogP contribution in [0.4, 0.5) is 0 Å². The van der Waals surface area contributed by atoms with Crippen molar-refractivity contribution < 1.29 is 4.79 Å². The highest BCUT2D eigenvalue weighted by Gasteiger charge is 2.13. The largest absolute Gasteiger partial charge is 0.352 e. The Morgan fingerprint density at radius 3 is 2.54 bits per heavy atom. The summed E-state index contributed by atoms with van der Waals surface area (Å²) >= 11 is 1.70. The van der Waals surface area contributed by atoms with E-state index >= 15 is 0 Å². The molecule has 0 unspecified atom stereocenters. The molecule has 0 radical (unpaired) electrons. The minimum Gasteiger partial charge on any atom is -0.352 e. The highest BCUT2D eigenvalue weighted by Crippen LogP contribution is 2.27. The van der Waals surface area contributed by atoms with Crippen LogP contribution in [-0.2, 0) is 18.7 Å². The van der Waals surface area contributed by atoms with Gasteiger partial charge in [-0.1, -0.05) is 84.1 Å². The van der Waals surface area contributed by atoms with E-state index < -0.39 is 0 Å². The minimum atomic E-state index is -0.0280. The molecule has 5 rings (SSSR count). The summed E-state index contributed by atoms with van der Waals surface area (Å²) in [4.78, 5) is 21.8. The number of carbonyl (C=O) groups is 1. The summed E-state index contributed by atoms with van der Waals surface area (Å²) in [6.45, 7) is 3.52. The van der Waals surface area contributed by atoms with Crippen LogP contribution in [0.1, 0.15) is 39.0 Å². The van der Waals surface area contributed by atoms with Crippen LogP contribution in [0.15, 0.2) is 102 Å². The van der Waals surface area contributed by atoms with Crippen LogP contribution < -0.4 is 5.32 Å². The van der Waals surface area contributed by atoms with E-state index in [-0.39, 0.29) is 5.91 Å². The number of aryl methyl sites for hydroxylation is 2. The van der Waals surface area contributed by atoms with Crippen molar-refractivity contribution in [3.63, 3.8) is 0 Å². The Kier molecular flexibility index (Phi) is 7.96. The summed E-state index contributed by atoms with van der Waals surface area (Å²) in [6.07, 6.45) is 5.55. The number of hydrogen-bond donors (Lipinski definition) is 1.